The van der Waals surface area contributed by atoms with Gasteiger partial charge in [0.2, 0.25) is 0 Å². The molecule has 82 valence electrons. The van der Waals surface area contributed by atoms with E-state index in [-0.39, 0.29) is 0 Å². The van der Waals surface area contributed by atoms with Gasteiger partial charge in [-0.15, -0.1) is 0 Å². The normalized spacial score (nSPS) is 12.7. The van der Waals surface area contributed by atoms with E-state index >= 15 is 0 Å². The molecule has 1 aromatic rings. The van der Waals surface area contributed by atoms with Crippen LogP contribution in [0.15, 0.2) is 30.0 Å². The lowest BCUT2D eigenvalue weighted by Gasteiger charge is -2.16. The first-order chi connectivity index (χ1) is 6.89. The van der Waals surface area contributed by atoms with Crippen LogP contribution in [-0.4, -0.2) is 16.9 Å². The van der Waals surface area contributed by atoms with Crippen LogP contribution in [0.5, 0.6) is 0 Å². The van der Waals surface area contributed by atoms with Gasteiger partial charge in [-0.05, 0) is 5.56 Å². The van der Waals surface area contributed by atoms with Gasteiger partial charge in [-0.1, -0.05) is 74.0 Å². The van der Waals surface area contributed by atoms with Gasteiger partial charge >= 0.3 is 0 Å². The molecule has 0 fully saturated rings. The molecule has 0 aliphatic rings. The van der Waals surface area contributed by atoms with Crippen LogP contribution in [0.25, 0.3) is 6.08 Å². The summed E-state index contributed by atoms with van der Waals surface area (Å²) in [5.41, 5.74) is 3.72. The van der Waals surface area contributed by atoms with Gasteiger partial charge in [-0.3, -0.25) is 0 Å². The van der Waals surface area contributed by atoms with E-state index in [1.165, 1.54) is 5.56 Å². The highest BCUT2D eigenvalue weighted by Crippen LogP contribution is 2.06. The Morgan fingerprint density at radius 2 is 1.53 bits per heavy atom. The third-order valence-corrected chi connectivity index (χ3v) is 5.48. The van der Waals surface area contributed by atoms with Crippen molar-refractivity contribution in [1.29, 1.82) is 0 Å². The lowest BCUT2D eigenvalue weighted by Crippen LogP contribution is -2.37. The van der Waals surface area contributed by atoms with Crippen LogP contribution < -0.4 is 5.19 Å². The maximum atomic E-state index is 2.39. The highest BCUT2D eigenvalue weighted by atomic mass is 28.3. The quantitative estimate of drug-likeness (QED) is 0.704. The summed E-state index contributed by atoms with van der Waals surface area (Å²) in [6.45, 7) is 11.8. The fourth-order valence-corrected chi connectivity index (χ4v) is 3.17. The van der Waals surface area contributed by atoms with Crippen LogP contribution in [0.4, 0.5) is 0 Å². The van der Waals surface area contributed by atoms with Gasteiger partial charge < -0.3 is 0 Å². The summed E-state index contributed by atoms with van der Waals surface area (Å²) in [5, 5.41) is 1.54. The minimum absolute atomic E-state index is 0.558. The second kappa shape index (κ2) is 4.95. The summed E-state index contributed by atoms with van der Waals surface area (Å²) < 4.78 is 0. The van der Waals surface area contributed by atoms with E-state index in [1.807, 2.05) is 0 Å². The van der Waals surface area contributed by atoms with Crippen molar-refractivity contribution < 1.29 is 0 Å². The Balaban J connectivity index is 2.82. The summed E-state index contributed by atoms with van der Waals surface area (Å²) >= 11 is 0. The molecule has 2 heteroatoms. The first kappa shape index (κ1) is 12.5. The zero-order valence-corrected chi connectivity index (χ0v) is 12.7. The zero-order valence-electron chi connectivity index (χ0n) is 10.5. The Labute approximate surface area is 96.7 Å². The minimum atomic E-state index is -1.12. The van der Waals surface area contributed by atoms with E-state index in [1.54, 1.807) is 5.19 Å². The molecule has 0 N–H and O–H groups in total. The average Bonchev–Trinajstić information content (AvgIpc) is 2.14. The molecule has 0 aliphatic heterocycles. The summed E-state index contributed by atoms with van der Waals surface area (Å²) in [6, 6.07) is 9.10. The van der Waals surface area contributed by atoms with E-state index in [2.05, 4.69) is 68.8 Å². The first-order valence-electron chi connectivity index (χ1n) is 5.68. The van der Waals surface area contributed by atoms with E-state index in [0.29, 0.717) is 0 Å². The lowest BCUT2D eigenvalue weighted by atomic mass is 10.2. The predicted octanol–water partition coefficient (Wildman–Crippen LogP) is 3.27. The molecule has 0 aromatic heterocycles. The van der Waals surface area contributed by atoms with Crippen molar-refractivity contribution in [2.45, 2.75) is 32.7 Å². The second-order valence-electron chi connectivity index (χ2n) is 5.48. The Hall–Kier alpha value is -0.606. The van der Waals surface area contributed by atoms with Crippen molar-refractivity contribution >= 4 is 28.1 Å². The lowest BCUT2D eigenvalue weighted by molar-refractivity contribution is 1.65. The third kappa shape index (κ3) is 4.18. The average molecular weight is 234 g/mol. The number of hydrogen-bond donors (Lipinski definition) is 0. The van der Waals surface area contributed by atoms with E-state index in [0.717, 1.165) is 0 Å². The number of hydrogen-bond acceptors (Lipinski definition) is 0. The van der Waals surface area contributed by atoms with Gasteiger partial charge in [0.15, 0.2) is 0 Å². The molecule has 15 heavy (non-hydrogen) atoms. The standard InChI is InChI=1S/C13H22Si2/c1-14(2)11-10-12-6-8-13(9-7-12)15(3,4)5/h6-11,14H,1-5H3. The minimum Gasteiger partial charge on any atom is -0.0976 e. The summed E-state index contributed by atoms with van der Waals surface area (Å²) in [6.07, 6.45) is 2.27. The van der Waals surface area contributed by atoms with Crippen LogP contribution in [-0.2, 0) is 0 Å². The topological polar surface area (TPSA) is 0 Å². The molecule has 0 radical (unpaired) electrons. The SMILES string of the molecule is C[SiH](C)C=Cc1ccc([Si](C)(C)C)cc1. The highest BCUT2D eigenvalue weighted by Gasteiger charge is 2.15. The monoisotopic (exact) mass is 234 g/mol. The molecular formula is C13H22Si2. The first-order valence-corrected chi connectivity index (χ1v) is 12.2. The van der Waals surface area contributed by atoms with Crippen molar-refractivity contribution in [2.75, 3.05) is 0 Å². The number of benzene rings is 1. The van der Waals surface area contributed by atoms with Gasteiger partial charge in [0, 0.05) is 0 Å². The van der Waals surface area contributed by atoms with Crippen LogP contribution in [0.1, 0.15) is 5.56 Å². The summed E-state index contributed by atoms with van der Waals surface area (Å²) in [7, 11) is -1.67. The Kier molecular flexibility index (Phi) is 4.11. The Bertz CT molecular complexity index is 329. The predicted molar refractivity (Wildman–Crippen MR) is 77.3 cm³/mol. The van der Waals surface area contributed by atoms with Gasteiger partial charge in [-0.2, -0.15) is 0 Å². The molecule has 1 rings (SSSR count). The summed E-state index contributed by atoms with van der Waals surface area (Å²) in [4.78, 5) is 0. The molecule has 0 bridgehead atoms. The maximum absolute atomic E-state index is 2.39. The highest BCUT2D eigenvalue weighted by molar-refractivity contribution is 6.88. The van der Waals surface area contributed by atoms with Crippen molar-refractivity contribution in [3.63, 3.8) is 0 Å². The van der Waals surface area contributed by atoms with Crippen molar-refractivity contribution in [2.24, 2.45) is 0 Å². The van der Waals surface area contributed by atoms with Gasteiger partial charge in [0.25, 0.3) is 0 Å². The molecular weight excluding hydrogens is 212 g/mol. The Morgan fingerprint density at radius 3 is 1.93 bits per heavy atom. The fraction of sp³-hybridized carbons (Fsp3) is 0.385. The van der Waals surface area contributed by atoms with E-state index < -0.39 is 16.9 Å². The van der Waals surface area contributed by atoms with Crippen LogP contribution in [0.2, 0.25) is 32.7 Å². The largest absolute Gasteiger partial charge is 0.0976 e. The molecule has 0 saturated heterocycles. The van der Waals surface area contributed by atoms with E-state index in [9.17, 15) is 0 Å². The molecule has 0 amide bonds. The van der Waals surface area contributed by atoms with Crippen molar-refractivity contribution in [3.8, 4) is 0 Å². The summed E-state index contributed by atoms with van der Waals surface area (Å²) in [5.74, 6) is 0. The van der Waals surface area contributed by atoms with Crippen molar-refractivity contribution in [3.05, 3.63) is 35.5 Å². The molecule has 0 spiro atoms. The molecule has 0 unspecified atom stereocenters. The van der Waals surface area contributed by atoms with E-state index in [4.69, 9.17) is 0 Å². The molecule has 0 aliphatic carbocycles. The van der Waals surface area contributed by atoms with Crippen LogP contribution in [0.3, 0.4) is 0 Å². The Morgan fingerprint density at radius 1 is 1.00 bits per heavy atom. The molecule has 1 aromatic carbocycles. The smallest absolute Gasteiger partial charge is 0.0775 e. The van der Waals surface area contributed by atoms with Gasteiger partial charge in [-0.25, -0.2) is 0 Å². The molecule has 0 nitrogen and oxygen atoms in total. The van der Waals surface area contributed by atoms with Crippen molar-refractivity contribution in [1.82, 2.24) is 0 Å². The second-order valence-corrected chi connectivity index (χ2v) is 13.4. The van der Waals surface area contributed by atoms with Gasteiger partial charge in [0.1, 0.15) is 0 Å². The third-order valence-electron chi connectivity index (χ3n) is 2.45. The maximum Gasteiger partial charge on any atom is 0.0775 e. The fourth-order valence-electron chi connectivity index (χ4n) is 1.40. The van der Waals surface area contributed by atoms with Gasteiger partial charge in [0.05, 0.1) is 16.9 Å². The molecule has 0 saturated carbocycles. The molecule has 0 heterocycles. The van der Waals surface area contributed by atoms with Crippen LogP contribution >= 0.6 is 0 Å². The zero-order chi connectivity index (χ0) is 11.5. The van der Waals surface area contributed by atoms with Crippen LogP contribution in [0, 0.1) is 0 Å². The number of rotatable bonds is 3. The molecule has 0 atom stereocenters.